The molecule has 0 atom stereocenters. The maximum Gasteiger partial charge on any atom is 0.281 e. The number of sulfonamides is 1. The molecule has 1 aliphatic carbocycles. The second-order valence-electron chi connectivity index (χ2n) is 9.35. The molecule has 6 nitrogen and oxygen atoms in total. The van der Waals surface area contributed by atoms with E-state index in [0.717, 1.165) is 12.0 Å². The van der Waals surface area contributed by atoms with Crippen LogP contribution in [-0.2, 0) is 34.2 Å². The molecule has 0 aliphatic heterocycles. The van der Waals surface area contributed by atoms with E-state index in [-0.39, 0.29) is 12.2 Å². The van der Waals surface area contributed by atoms with Crippen molar-refractivity contribution in [1.29, 1.82) is 0 Å². The number of allylic oxidation sites excluding steroid dienone is 1. The third-order valence-corrected chi connectivity index (χ3v) is 8.68. The van der Waals surface area contributed by atoms with Crippen molar-refractivity contribution in [2.24, 2.45) is 0 Å². The van der Waals surface area contributed by atoms with Crippen LogP contribution in [0.5, 0.6) is 0 Å². The van der Waals surface area contributed by atoms with E-state index in [0.29, 0.717) is 52.4 Å². The Morgan fingerprint density at radius 1 is 1.11 bits per heavy atom. The largest absolute Gasteiger partial charge is 0.332 e. The van der Waals surface area contributed by atoms with Gasteiger partial charge < -0.3 is 4.90 Å². The van der Waals surface area contributed by atoms with E-state index in [1.807, 2.05) is 38.1 Å². The van der Waals surface area contributed by atoms with Crippen LogP contribution in [0.15, 0.2) is 66.5 Å². The Morgan fingerprint density at radius 3 is 2.39 bits per heavy atom. The number of hydrogen-bond acceptors (Lipinski definition) is 5. The minimum absolute atomic E-state index is 0.00281. The van der Waals surface area contributed by atoms with Crippen molar-refractivity contribution < 1.29 is 17.6 Å². The molecule has 1 aromatic heterocycles. The number of carbonyl (C=O) groups is 1. The van der Waals surface area contributed by atoms with Gasteiger partial charge in [0.05, 0.1) is 16.8 Å². The molecule has 1 heterocycles. The smallest absolute Gasteiger partial charge is 0.281 e. The van der Waals surface area contributed by atoms with Gasteiger partial charge in [-0.25, -0.2) is 17.5 Å². The summed E-state index contributed by atoms with van der Waals surface area (Å²) in [4.78, 5) is 20.0. The second-order valence-corrected chi connectivity index (χ2v) is 11.7. The number of anilines is 1. The molecule has 1 saturated carbocycles. The SMILES string of the molecule is CCc1ccc(N(Cc2ccccc2F)/C(C(=O)NS(=O)(=O)C2CC2)=C(\C)c2cc(Cl)cnc2CC)cc1. The van der Waals surface area contributed by atoms with Gasteiger partial charge in [0, 0.05) is 28.7 Å². The van der Waals surface area contributed by atoms with Crippen molar-refractivity contribution >= 4 is 38.8 Å². The number of aromatic nitrogens is 1. The predicted octanol–water partition coefficient (Wildman–Crippen LogP) is 6.05. The maximum atomic E-state index is 14.9. The highest BCUT2D eigenvalue weighted by atomic mass is 35.5. The molecule has 0 spiro atoms. The molecule has 0 bridgehead atoms. The summed E-state index contributed by atoms with van der Waals surface area (Å²) in [6.45, 7) is 5.71. The van der Waals surface area contributed by atoms with E-state index in [4.69, 9.17) is 11.6 Å². The lowest BCUT2D eigenvalue weighted by molar-refractivity contribution is -0.115. The van der Waals surface area contributed by atoms with Gasteiger partial charge in [-0.05, 0) is 68.0 Å². The lowest BCUT2D eigenvalue weighted by atomic mass is 10.00. The van der Waals surface area contributed by atoms with Gasteiger partial charge in [-0.3, -0.25) is 9.78 Å². The Morgan fingerprint density at radius 2 is 1.79 bits per heavy atom. The van der Waals surface area contributed by atoms with Crippen molar-refractivity contribution in [1.82, 2.24) is 9.71 Å². The van der Waals surface area contributed by atoms with Crippen LogP contribution < -0.4 is 9.62 Å². The summed E-state index contributed by atoms with van der Waals surface area (Å²) in [5.41, 5.74) is 3.96. The molecule has 3 aromatic rings. The zero-order chi connectivity index (χ0) is 27.4. The lowest BCUT2D eigenvalue weighted by Gasteiger charge is -2.29. The van der Waals surface area contributed by atoms with Crippen molar-refractivity contribution in [3.63, 3.8) is 0 Å². The molecule has 1 amide bonds. The van der Waals surface area contributed by atoms with E-state index in [2.05, 4.69) is 9.71 Å². The highest BCUT2D eigenvalue weighted by molar-refractivity contribution is 7.91. The van der Waals surface area contributed by atoms with Gasteiger partial charge in [-0.15, -0.1) is 0 Å². The lowest BCUT2D eigenvalue weighted by Crippen LogP contribution is -2.40. The van der Waals surface area contributed by atoms with E-state index in [1.54, 1.807) is 36.1 Å². The molecule has 200 valence electrons. The Labute approximate surface area is 228 Å². The number of nitrogens with one attached hydrogen (secondary N) is 1. The molecule has 0 unspecified atom stereocenters. The molecular weight excluding hydrogens is 525 g/mol. The predicted molar refractivity (Wildman–Crippen MR) is 150 cm³/mol. The summed E-state index contributed by atoms with van der Waals surface area (Å²) in [6.07, 6.45) is 3.95. The Kier molecular flexibility index (Phi) is 8.53. The molecule has 2 aromatic carbocycles. The van der Waals surface area contributed by atoms with Crippen LogP contribution in [0.4, 0.5) is 10.1 Å². The molecular formula is C29H31ClFN3O3S. The number of pyridine rings is 1. The van der Waals surface area contributed by atoms with Crippen LogP contribution in [0.3, 0.4) is 0 Å². The van der Waals surface area contributed by atoms with Crippen LogP contribution in [0.2, 0.25) is 5.02 Å². The summed E-state index contributed by atoms with van der Waals surface area (Å²) in [6, 6.07) is 15.6. The van der Waals surface area contributed by atoms with Gasteiger partial charge in [-0.1, -0.05) is 55.8 Å². The molecule has 1 aliphatic rings. The van der Waals surface area contributed by atoms with Gasteiger partial charge in [0.15, 0.2) is 0 Å². The number of carbonyl (C=O) groups excluding carboxylic acids is 1. The summed E-state index contributed by atoms with van der Waals surface area (Å²) >= 11 is 6.29. The van der Waals surface area contributed by atoms with Crippen LogP contribution in [0, 0.1) is 5.82 Å². The first-order valence-electron chi connectivity index (χ1n) is 12.7. The van der Waals surface area contributed by atoms with Gasteiger partial charge in [0.2, 0.25) is 10.0 Å². The van der Waals surface area contributed by atoms with Crippen LogP contribution in [0.1, 0.15) is 56.0 Å². The van der Waals surface area contributed by atoms with Crippen molar-refractivity contribution in [3.05, 3.63) is 99.7 Å². The standard InChI is InChI=1S/C29H31ClFN3O3S/c1-4-20-10-12-23(13-11-20)34(18-21-8-6-7-9-26(21)31)28(29(35)33-38(36,37)24-14-15-24)19(3)25-16-22(30)17-32-27(25)5-2/h6-13,16-17,24H,4-5,14-15,18H2,1-3H3,(H,33,35)/b28-19+. The average molecular weight is 556 g/mol. The topological polar surface area (TPSA) is 79.4 Å². The van der Waals surface area contributed by atoms with Crippen LogP contribution >= 0.6 is 11.6 Å². The number of aryl methyl sites for hydroxylation is 2. The zero-order valence-electron chi connectivity index (χ0n) is 21.7. The number of benzene rings is 2. The Balaban J connectivity index is 1.94. The van der Waals surface area contributed by atoms with Crippen LogP contribution in [-0.4, -0.2) is 24.6 Å². The molecule has 1 N–H and O–H groups in total. The minimum Gasteiger partial charge on any atom is -0.332 e. The summed E-state index contributed by atoms with van der Waals surface area (Å²) in [5, 5.41) is -0.203. The fraction of sp³-hybridized carbons (Fsp3) is 0.310. The summed E-state index contributed by atoms with van der Waals surface area (Å²) in [7, 11) is -3.85. The molecule has 9 heteroatoms. The first-order chi connectivity index (χ1) is 18.1. The minimum atomic E-state index is -3.85. The van der Waals surface area contributed by atoms with E-state index in [9.17, 15) is 17.6 Å². The first kappa shape index (κ1) is 27.8. The zero-order valence-corrected chi connectivity index (χ0v) is 23.2. The van der Waals surface area contributed by atoms with Crippen molar-refractivity contribution in [3.8, 4) is 0 Å². The van der Waals surface area contributed by atoms with Gasteiger partial charge >= 0.3 is 0 Å². The highest BCUT2D eigenvalue weighted by Gasteiger charge is 2.38. The van der Waals surface area contributed by atoms with Crippen molar-refractivity contribution in [2.75, 3.05) is 4.90 Å². The molecule has 0 radical (unpaired) electrons. The van der Waals surface area contributed by atoms with Crippen molar-refractivity contribution in [2.45, 2.75) is 58.2 Å². The highest BCUT2D eigenvalue weighted by Crippen LogP contribution is 2.33. The summed E-state index contributed by atoms with van der Waals surface area (Å²) in [5.74, 6) is -1.21. The van der Waals surface area contributed by atoms with E-state index in [1.165, 1.54) is 12.3 Å². The quantitative estimate of drug-likeness (QED) is 0.308. The third-order valence-electron chi connectivity index (χ3n) is 6.66. The Hall–Kier alpha value is -3.23. The average Bonchev–Trinajstić information content (AvgIpc) is 3.76. The second kappa shape index (κ2) is 11.7. The number of hydrogen-bond donors (Lipinski definition) is 1. The Bertz CT molecular complexity index is 1470. The fourth-order valence-corrected chi connectivity index (χ4v) is 5.78. The fourth-order valence-electron chi connectivity index (χ4n) is 4.34. The first-order valence-corrected chi connectivity index (χ1v) is 14.6. The maximum absolute atomic E-state index is 14.9. The number of amides is 1. The molecule has 0 saturated heterocycles. The van der Waals surface area contributed by atoms with E-state index >= 15 is 0 Å². The van der Waals surface area contributed by atoms with Gasteiger partial charge in [0.1, 0.15) is 11.5 Å². The van der Waals surface area contributed by atoms with Crippen LogP contribution in [0.25, 0.3) is 5.57 Å². The third kappa shape index (κ3) is 6.25. The number of nitrogens with zero attached hydrogens (tertiary/aromatic N) is 2. The molecule has 38 heavy (non-hydrogen) atoms. The normalized spacial score (nSPS) is 14.1. The monoisotopic (exact) mass is 555 g/mol. The molecule has 4 rings (SSSR count). The summed E-state index contributed by atoms with van der Waals surface area (Å²) < 4.78 is 42.8. The molecule has 1 fully saturated rings. The van der Waals surface area contributed by atoms with E-state index < -0.39 is 27.0 Å². The number of halogens is 2. The van der Waals surface area contributed by atoms with Gasteiger partial charge in [0.25, 0.3) is 5.91 Å². The number of rotatable bonds is 10. The van der Waals surface area contributed by atoms with Gasteiger partial charge in [-0.2, -0.15) is 0 Å².